The summed E-state index contributed by atoms with van der Waals surface area (Å²) in [5.74, 6) is 0.891. The Kier molecular flexibility index (Phi) is 28.5. The van der Waals surface area contributed by atoms with E-state index >= 15 is 0 Å². The first-order valence-electron chi connectivity index (χ1n) is 15.4. The highest BCUT2D eigenvalue weighted by Crippen LogP contribution is 2.15. The van der Waals surface area contributed by atoms with Gasteiger partial charge in [0.05, 0.1) is 0 Å². The van der Waals surface area contributed by atoms with E-state index in [9.17, 15) is 0 Å². The number of allylic oxidation sites excluding steroid dienone is 2. The fourth-order valence-corrected chi connectivity index (χ4v) is 4.74. The van der Waals surface area contributed by atoms with Crippen LogP contribution in [0.25, 0.3) is 0 Å². The SMILES string of the molecule is CCCCCCCCCCCCCCCCCC=CCCCCCCCCCCC(C)C. The minimum atomic E-state index is 0.891. The zero-order valence-corrected chi connectivity index (χ0v) is 23.1. The van der Waals surface area contributed by atoms with Crippen LogP contribution in [0, 0.1) is 5.92 Å². The molecular formula is C32H64. The maximum Gasteiger partial charge on any atom is -0.0351 e. The number of hydrogen-bond donors (Lipinski definition) is 0. The Morgan fingerprint density at radius 2 is 0.656 bits per heavy atom. The van der Waals surface area contributed by atoms with E-state index in [1.165, 1.54) is 167 Å². The minimum absolute atomic E-state index is 0.891. The average Bonchev–Trinajstić information content (AvgIpc) is 2.78. The normalized spacial score (nSPS) is 11.9. The standard InChI is InChI=1S/C32H64/c1-4-5-6-7-8-9-10-11-12-13-14-15-16-17-18-19-20-21-22-23-24-25-26-27-28-29-30-31-32(2)3/h20-21,32H,4-19,22-31H2,1-3H3. The molecule has 0 unspecified atom stereocenters. The van der Waals surface area contributed by atoms with Gasteiger partial charge in [-0.1, -0.05) is 174 Å². The molecule has 0 amide bonds. The van der Waals surface area contributed by atoms with Gasteiger partial charge in [0.25, 0.3) is 0 Å². The molecule has 32 heavy (non-hydrogen) atoms. The molecule has 0 fully saturated rings. The van der Waals surface area contributed by atoms with E-state index < -0.39 is 0 Å². The summed E-state index contributed by atoms with van der Waals surface area (Å²) in [6.45, 7) is 6.99. The van der Waals surface area contributed by atoms with Crippen LogP contribution < -0.4 is 0 Å². The molecule has 0 aliphatic rings. The van der Waals surface area contributed by atoms with Gasteiger partial charge in [0.15, 0.2) is 0 Å². The van der Waals surface area contributed by atoms with E-state index in [0.717, 1.165) is 5.92 Å². The lowest BCUT2D eigenvalue weighted by atomic mass is 10.0. The van der Waals surface area contributed by atoms with Crippen LogP contribution in [0.2, 0.25) is 0 Å². The Morgan fingerprint density at radius 1 is 0.375 bits per heavy atom. The summed E-state index contributed by atoms with van der Waals surface area (Å²) >= 11 is 0. The molecule has 0 nitrogen and oxygen atoms in total. The van der Waals surface area contributed by atoms with Crippen molar-refractivity contribution in [3.8, 4) is 0 Å². The van der Waals surface area contributed by atoms with Gasteiger partial charge in [-0.15, -0.1) is 0 Å². The molecule has 0 N–H and O–H groups in total. The topological polar surface area (TPSA) is 0 Å². The first-order chi connectivity index (χ1) is 15.8. The van der Waals surface area contributed by atoms with Crippen molar-refractivity contribution in [2.75, 3.05) is 0 Å². The van der Waals surface area contributed by atoms with Crippen molar-refractivity contribution < 1.29 is 0 Å². The molecule has 0 radical (unpaired) electrons. The Bertz CT molecular complexity index is 340. The second-order valence-electron chi connectivity index (χ2n) is 11.0. The maximum absolute atomic E-state index is 2.46. The van der Waals surface area contributed by atoms with Gasteiger partial charge in [-0.3, -0.25) is 0 Å². The van der Waals surface area contributed by atoms with Gasteiger partial charge in [-0.2, -0.15) is 0 Å². The highest BCUT2D eigenvalue weighted by Gasteiger charge is 1.96. The van der Waals surface area contributed by atoms with Gasteiger partial charge in [0.2, 0.25) is 0 Å². The van der Waals surface area contributed by atoms with Crippen molar-refractivity contribution in [1.82, 2.24) is 0 Å². The molecule has 0 heteroatoms. The number of unbranched alkanes of at least 4 members (excludes halogenated alkanes) is 23. The van der Waals surface area contributed by atoms with E-state index in [-0.39, 0.29) is 0 Å². The lowest BCUT2D eigenvalue weighted by Crippen LogP contribution is -1.87. The van der Waals surface area contributed by atoms with Crippen LogP contribution in [0.1, 0.15) is 188 Å². The summed E-state index contributed by atoms with van der Waals surface area (Å²) in [4.78, 5) is 0. The lowest BCUT2D eigenvalue weighted by Gasteiger charge is -2.04. The molecular weight excluding hydrogens is 384 g/mol. The molecule has 192 valence electrons. The summed E-state index contributed by atoms with van der Waals surface area (Å²) in [5.41, 5.74) is 0. The van der Waals surface area contributed by atoms with Crippen molar-refractivity contribution >= 4 is 0 Å². The van der Waals surface area contributed by atoms with Crippen molar-refractivity contribution in [1.29, 1.82) is 0 Å². The van der Waals surface area contributed by atoms with Gasteiger partial charge < -0.3 is 0 Å². The van der Waals surface area contributed by atoms with Crippen molar-refractivity contribution in [3.63, 3.8) is 0 Å². The molecule has 0 aromatic carbocycles. The Hall–Kier alpha value is -0.260. The lowest BCUT2D eigenvalue weighted by molar-refractivity contribution is 0.507. The molecule has 0 bridgehead atoms. The van der Waals surface area contributed by atoms with Gasteiger partial charge in [-0.25, -0.2) is 0 Å². The van der Waals surface area contributed by atoms with Crippen molar-refractivity contribution in [2.24, 2.45) is 5.92 Å². The third-order valence-corrected chi connectivity index (χ3v) is 7.04. The van der Waals surface area contributed by atoms with Gasteiger partial charge in [0.1, 0.15) is 0 Å². The molecule has 0 saturated carbocycles. The zero-order chi connectivity index (χ0) is 23.4. The molecule has 0 rings (SSSR count). The molecule has 0 aliphatic carbocycles. The van der Waals surface area contributed by atoms with Crippen LogP contribution in [-0.4, -0.2) is 0 Å². The molecule has 0 spiro atoms. The van der Waals surface area contributed by atoms with E-state index in [0.29, 0.717) is 0 Å². The van der Waals surface area contributed by atoms with Crippen LogP contribution in [-0.2, 0) is 0 Å². The monoisotopic (exact) mass is 449 g/mol. The fraction of sp³-hybridized carbons (Fsp3) is 0.938. The molecule has 0 saturated heterocycles. The summed E-state index contributed by atoms with van der Waals surface area (Å²) in [6.07, 6.45) is 42.5. The van der Waals surface area contributed by atoms with E-state index in [1.807, 2.05) is 0 Å². The second kappa shape index (κ2) is 28.8. The van der Waals surface area contributed by atoms with Crippen LogP contribution in [0.5, 0.6) is 0 Å². The van der Waals surface area contributed by atoms with Crippen molar-refractivity contribution in [3.05, 3.63) is 12.2 Å². The van der Waals surface area contributed by atoms with Crippen molar-refractivity contribution in [2.45, 2.75) is 188 Å². The molecule has 0 aliphatic heterocycles. The predicted molar refractivity (Wildman–Crippen MR) is 150 cm³/mol. The fourth-order valence-electron chi connectivity index (χ4n) is 4.74. The smallest absolute Gasteiger partial charge is 0.0351 e. The quantitative estimate of drug-likeness (QED) is 0.0865. The van der Waals surface area contributed by atoms with Crippen LogP contribution >= 0.6 is 0 Å². The maximum atomic E-state index is 2.46. The molecule has 0 aromatic heterocycles. The highest BCUT2D eigenvalue weighted by atomic mass is 14.0. The largest absolute Gasteiger partial charge is 0.0885 e. The highest BCUT2D eigenvalue weighted by molar-refractivity contribution is 4.81. The molecule has 0 aromatic rings. The zero-order valence-electron chi connectivity index (χ0n) is 23.1. The Morgan fingerprint density at radius 3 is 0.969 bits per heavy atom. The van der Waals surface area contributed by atoms with Gasteiger partial charge >= 0.3 is 0 Å². The third kappa shape index (κ3) is 29.7. The average molecular weight is 449 g/mol. The summed E-state index contributed by atoms with van der Waals surface area (Å²) in [7, 11) is 0. The summed E-state index contributed by atoms with van der Waals surface area (Å²) in [6, 6.07) is 0. The Balaban J connectivity index is 3.07. The van der Waals surface area contributed by atoms with E-state index in [4.69, 9.17) is 0 Å². The van der Waals surface area contributed by atoms with Crippen LogP contribution in [0.15, 0.2) is 12.2 Å². The second-order valence-corrected chi connectivity index (χ2v) is 11.0. The van der Waals surface area contributed by atoms with E-state index in [2.05, 4.69) is 32.9 Å². The van der Waals surface area contributed by atoms with Gasteiger partial charge in [0, 0.05) is 0 Å². The minimum Gasteiger partial charge on any atom is -0.0885 e. The van der Waals surface area contributed by atoms with Crippen LogP contribution in [0.4, 0.5) is 0 Å². The summed E-state index contributed by atoms with van der Waals surface area (Å²) < 4.78 is 0. The molecule has 0 heterocycles. The first kappa shape index (κ1) is 31.7. The first-order valence-corrected chi connectivity index (χ1v) is 15.4. The summed E-state index contributed by atoms with van der Waals surface area (Å²) in [5, 5.41) is 0. The Labute approximate surface area is 205 Å². The third-order valence-electron chi connectivity index (χ3n) is 7.04. The number of hydrogen-bond acceptors (Lipinski definition) is 0. The number of rotatable bonds is 27. The molecule has 0 atom stereocenters. The van der Waals surface area contributed by atoms with Gasteiger partial charge in [-0.05, 0) is 31.6 Å². The predicted octanol–water partition coefficient (Wildman–Crippen LogP) is 12.4. The van der Waals surface area contributed by atoms with Crippen LogP contribution in [0.3, 0.4) is 0 Å². The van der Waals surface area contributed by atoms with E-state index in [1.54, 1.807) is 0 Å².